The van der Waals surface area contributed by atoms with Gasteiger partial charge in [0.15, 0.2) is 0 Å². The van der Waals surface area contributed by atoms with Crippen molar-refractivity contribution in [3.8, 4) is 11.5 Å². The molecule has 0 amide bonds. The molecule has 6 aromatic carbocycles. The fraction of sp³-hybridized carbons (Fsp3) is 0.190. The standard InChI is InChI=1S/C42H36O2/c1-27-5-13-31(14-6-27)41(32-15-7-28(2)8-16-32)37-25-11-29-9-10-30-12-26-38(40(37)39(29)30)42(41,33-17-21-35(43-3)22-18-33)34-19-23-36(44-4)24-20-34/h5-8,11-26H,9-10H2,1-4H3. The van der Waals surface area contributed by atoms with Crippen LogP contribution < -0.4 is 9.47 Å². The Labute approximate surface area is 259 Å². The molecule has 0 fully saturated rings. The van der Waals surface area contributed by atoms with Crippen molar-refractivity contribution in [3.63, 3.8) is 0 Å². The largest absolute Gasteiger partial charge is 0.497 e. The molecule has 2 nitrogen and oxygen atoms in total. The van der Waals surface area contributed by atoms with Crippen molar-refractivity contribution in [2.45, 2.75) is 37.5 Å². The average molecular weight is 573 g/mol. The molecule has 0 aliphatic heterocycles. The number of methoxy groups -OCH3 is 2. The Hall–Kier alpha value is -4.82. The minimum Gasteiger partial charge on any atom is -0.497 e. The molecule has 6 aromatic rings. The molecule has 2 aliphatic carbocycles. The van der Waals surface area contributed by atoms with Gasteiger partial charge >= 0.3 is 0 Å². The van der Waals surface area contributed by atoms with Gasteiger partial charge in [0.1, 0.15) is 11.5 Å². The smallest absolute Gasteiger partial charge is 0.118 e. The van der Waals surface area contributed by atoms with Crippen LogP contribution >= 0.6 is 0 Å². The van der Waals surface area contributed by atoms with E-state index in [0.717, 1.165) is 24.3 Å². The normalized spacial score (nSPS) is 15.5. The second kappa shape index (κ2) is 9.86. The lowest BCUT2D eigenvalue weighted by molar-refractivity contribution is 0.410. The highest BCUT2D eigenvalue weighted by Crippen LogP contribution is 2.67. The Balaban J connectivity index is 1.64. The van der Waals surface area contributed by atoms with Gasteiger partial charge in [0.25, 0.3) is 0 Å². The van der Waals surface area contributed by atoms with Gasteiger partial charge < -0.3 is 9.47 Å². The molecule has 216 valence electrons. The van der Waals surface area contributed by atoms with Gasteiger partial charge in [-0.1, -0.05) is 108 Å². The van der Waals surface area contributed by atoms with Crippen LogP contribution in [0.1, 0.15) is 55.6 Å². The van der Waals surface area contributed by atoms with Crippen LogP contribution in [0.4, 0.5) is 0 Å². The van der Waals surface area contributed by atoms with E-state index in [2.05, 4.69) is 135 Å². The van der Waals surface area contributed by atoms with Crippen molar-refractivity contribution in [2.24, 2.45) is 0 Å². The van der Waals surface area contributed by atoms with Crippen molar-refractivity contribution in [2.75, 3.05) is 14.2 Å². The van der Waals surface area contributed by atoms with Crippen molar-refractivity contribution in [3.05, 3.63) is 177 Å². The summed E-state index contributed by atoms with van der Waals surface area (Å²) in [5.74, 6) is 1.71. The van der Waals surface area contributed by atoms with Crippen LogP contribution in [0.3, 0.4) is 0 Å². The number of hydrogen-bond donors (Lipinski definition) is 0. The maximum absolute atomic E-state index is 5.69. The first-order valence-corrected chi connectivity index (χ1v) is 15.5. The molecule has 2 aliphatic rings. The topological polar surface area (TPSA) is 18.5 Å². The number of rotatable bonds is 6. The summed E-state index contributed by atoms with van der Waals surface area (Å²) in [6, 6.07) is 45.9. The number of ether oxygens (including phenoxy) is 2. The maximum atomic E-state index is 5.69. The molecule has 44 heavy (non-hydrogen) atoms. The van der Waals surface area contributed by atoms with Crippen molar-refractivity contribution < 1.29 is 9.47 Å². The zero-order chi connectivity index (χ0) is 30.1. The zero-order valence-electron chi connectivity index (χ0n) is 25.8. The summed E-state index contributed by atoms with van der Waals surface area (Å²) in [6.07, 6.45) is 2.19. The van der Waals surface area contributed by atoms with Crippen molar-refractivity contribution >= 4 is 10.8 Å². The Morgan fingerprint density at radius 1 is 0.409 bits per heavy atom. The summed E-state index contributed by atoms with van der Waals surface area (Å²) in [5.41, 5.74) is 12.0. The molecule has 0 saturated carbocycles. The highest BCUT2D eigenvalue weighted by atomic mass is 16.5. The van der Waals surface area contributed by atoms with E-state index >= 15 is 0 Å². The first-order chi connectivity index (χ1) is 21.5. The third kappa shape index (κ3) is 3.43. The first-order valence-electron chi connectivity index (χ1n) is 15.5. The van der Waals surface area contributed by atoms with Crippen LogP contribution in [0, 0.1) is 13.8 Å². The molecular formula is C42H36O2. The summed E-state index contributed by atoms with van der Waals surface area (Å²) < 4.78 is 11.4. The summed E-state index contributed by atoms with van der Waals surface area (Å²) in [5, 5.41) is 2.86. The third-order valence-corrected chi connectivity index (χ3v) is 10.4. The van der Waals surface area contributed by atoms with Crippen LogP contribution in [0.2, 0.25) is 0 Å². The van der Waals surface area contributed by atoms with Crippen molar-refractivity contribution in [1.82, 2.24) is 0 Å². The number of hydrogen-bond acceptors (Lipinski definition) is 2. The Bertz CT molecular complexity index is 1910. The molecule has 0 bridgehead atoms. The van der Waals surface area contributed by atoms with Crippen LogP contribution in [-0.2, 0) is 23.7 Å². The molecular weight excluding hydrogens is 536 g/mol. The summed E-state index contributed by atoms with van der Waals surface area (Å²) in [6.45, 7) is 4.35. The second-order valence-corrected chi connectivity index (χ2v) is 12.5. The fourth-order valence-electron chi connectivity index (χ4n) is 8.47. The predicted octanol–water partition coefficient (Wildman–Crippen LogP) is 9.25. The Morgan fingerprint density at radius 2 is 0.750 bits per heavy atom. The van der Waals surface area contributed by atoms with E-state index < -0.39 is 10.8 Å². The quantitative estimate of drug-likeness (QED) is 0.198. The second-order valence-electron chi connectivity index (χ2n) is 12.5. The maximum Gasteiger partial charge on any atom is 0.118 e. The van der Waals surface area contributed by atoms with Gasteiger partial charge in [-0.3, -0.25) is 0 Å². The van der Waals surface area contributed by atoms with Gasteiger partial charge in [-0.25, -0.2) is 0 Å². The minimum atomic E-state index is -0.599. The van der Waals surface area contributed by atoms with Gasteiger partial charge in [-0.2, -0.15) is 0 Å². The molecule has 0 atom stereocenters. The molecule has 2 heteroatoms. The highest BCUT2D eigenvalue weighted by Gasteiger charge is 2.62. The number of benzene rings is 6. The molecule has 0 heterocycles. The minimum absolute atomic E-state index is 0.570. The van der Waals surface area contributed by atoms with E-state index in [1.807, 2.05) is 0 Å². The molecule has 8 rings (SSSR count). The zero-order valence-corrected chi connectivity index (χ0v) is 25.8. The molecule has 0 N–H and O–H groups in total. The summed E-state index contributed by atoms with van der Waals surface area (Å²) in [7, 11) is 3.48. The van der Waals surface area contributed by atoms with E-state index in [0.29, 0.717) is 0 Å². The van der Waals surface area contributed by atoms with Crippen LogP contribution in [0.15, 0.2) is 121 Å². The SMILES string of the molecule is COc1ccc(C2(c3ccc(OC)cc3)c3ccc4c5c(ccc(c35)C2(c2ccc(C)cc2)c2ccc(C)cc2)CC4)cc1. The lowest BCUT2D eigenvalue weighted by atomic mass is 9.50. The lowest BCUT2D eigenvalue weighted by Crippen LogP contribution is -2.49. The molecule has 0 saturated heterocycles. The van der Waals surface area contributed by atoms with Gasteiger partial charge in [-0.05, 0) is 106 Å². The monoisotopic (exact) mass is 572 g/mol. The average Bonchev–Trinajstić information content (AvgIpc) is 3.61. The van der Waals surface area contributed by atoms with Gasteiger partial charge in [-0.15, -0.1) is 0 Å². The highest BCUT2D eigenvalue weighted by molar-refractivity contribution is 6.03. The van der Waals surface area contributed by atoms with Gasteiger partial charge in [0.05, 0.1) is 25.0 Å². The van der Waals surface area contributed by atoms with Gasteiger partial charge in [0.2, 0.25) is 0 Å². The predicted molar refractivity (Wildman–Crippen MR) is 179 cm³/mol. The fourth-order valence-corrected chi connectivity index (χ4v) is 8.47. The Morgan fingerprint density at radius 3 is 1.09 bits per heavy atom. The summed E-state index contributed by atoms with van der Waals surface area (Å²) >= 11 is 0. The third-order valence-electron chi connectivity index (χ3n) is 10.4. The van der Waals surface area contributed by atoms with Gasteiger partial charge in [0, 0.05) is 0 Å². The lowest BCUT2D eigenvalue weighted by Gasteiger charge is -2.50. The van der Waals surface area contributed by atoms with E-state index in [9.17, 15) is 0 Å². The molecule has 0 spiro atoms. The summed E-state index contributed by atoms with van der Waals surface area (Å²) in [4.78, 5) is 0. The van der Waals surface area contributed by atoms with Crippen LogP contribution in [0.25, 0.3) is 10.8 Å². The number of aryl methyl sites for hydroxylation is 4. The molecule has 0 aromatic heterocycles. The molecule has 0 unspecified atom stereocenters. The van der Waals surface area contributed by atoms with E-state index in [-0.39, 0.29) is 0 Å². The van der Waals surface area contributed by atoms with E-state index in [4.69, 9.17) is 9.47 Å². The van der Waals surface area contributed by atoms with Crippen LogP contribution in [0.5, 0.6) is 11.5 Å². The van der Waals surface area contributed by atoms with E-state index in [1.165, 1.54) is 66.4 Å². The Kier molecular flexibility index (Phi) is 6.00. The first kappa shape index (κ1) is 26.8. The molecule has 0 radical (unpaired) electrons. The van der Waals surface area contributed by atoms with E-state index in [1.54, 1.807) is 14.2 Å². The van der Waals surface area contributed by atoms with Crippen molar-refractivity contribution in [1.29, 1.82) is 0 Å². The van der Waals surface area contributed by atoms with Crippen LogP contribution in [-0.4, -0.2) is 14.2 Å².